The van der Waals surface area contributed by atoms with E-state index < -0.39 is 22.0 Å². The molecule has 0 unspecified atom stereocenters. The lowest BCUT2D eigenvalue weighted by Crippen LogP contribution is -2.47. The van der Waals surface area contributed by atoms with E-state index >= 15 is 0 Å². The van der Waals surface area contributed by atoms with Crippen molar-refractivity contribution >= 4 is 16.0 Å². The van der Waals surface area contributed by atoms with Gasteiger partial charge in [-0.25, -0.2) is 13.4 Å². The van der Waals surface area contributed by atoms with Crippen molar-refractivity contribution in [2.45, 2.75) is 37.8 Å². The highest BCUT2D eigenvalue weighted by Gasteiger charge is 2.33. The minimum absolute atomic E-state index is 0.126. The minimum Gasteiger partial charge on any atom is -0.468 e. The molecule has 1 N–H and O–H groups in total. The van der Waals surface area contributed by atoms with Crippen LogP contribution in [0.2, 0.25) is 0 Å². The maximum absolute atomic E-state index is 12.6. The van der Waals surface area contributed by atoms with Crippen LogP contribution >= 0.6 is 0 Å². The summed E-state index contributed by atoms with van der Waals surface area (Å²) in [4.78, 5) is 16.2. The van der Waals surface area contributed by atoms with Crippen molar-refractivity contribution in [3.8, 4) is 0 Å². The van der Waals surface area contributed by atoms with Crippen molar-refractivity contribution < 1.29 is 17.9 Å². The molecule has 1 heterocycles. The second kappa shape index (κ2) is 8.91. The number of sulfonamides is 1. The van der Waals surface area contributed by atoms with E-state index in [0.717, 1.165) is 11.1 Å². The Hall–Kier alpha value is -2.25. The van der Waals surface area contributed by atoms with Gasteiger partial charge in [-0.2, -0.15) is 4.72 Å². The monoisotopic (exact) mass is 376 g/mol. The molecule has 0 radical (unpaired) electrons. The van der Waals surface area contributed by atoms with Gasteiger partial charge in [0.1, 0.15) is 6.04 Å². The number of methoxy groups -OCH3 is 1. The molecule has 7 heteroatoms. The molecular weight excluding hydrogens is 352 g/mol. The first-order chi connectivity index (χ1) is 12.4. The average Bonchev–Trinajstić information content (AvgIpc) is 2.66. The quantitative estimate of drug-likeness (QED) is 0.716. The summed E-state index contributed by atoms with van der Waals surface area (Å²) in [7, 11) is -2.68. The van der Waals surface area contributed by atoms with Crippen molar-refractivity contribution in [3.63, 3.8) is 0 Å². The second-order valence-corrected chi connectivity index (χ2v) is 7.81. The van der Waals surface area contributed by atoms with Crippen LogP contribution in [0.15, 0.2) is 53.7 Å². The summed E-state index contributed by atoms with van der Waals surface area (Å²) in [6.07, 6.45) is 2.56. The second-order valence-electron chi connectivity index (χ2n) is 6.15. The third-order valence-electron chi connectivity index (χ3n) is 4.26. The maximum Gasteiger partial charge on any atom is 0.324 e. The zero-order chi connectivity index (χ0) is 19.2. The molecule has 0 saturated heterocycles. The lowest BCUT2D eigenvalue weighted by Gasteiger charge is -2.25. The smallest absolute Gasteiger partial charge is 0.324 e. The van der Waals surface area contributed by atoms with Crippen LogP contribution in [0.25, 0.3) is 0 Å². The van der Waals surface area contributed by atoms with Crippen LogP contribution in [0.4, 0.5) is 0 Å². The Balaban J connectivity index is 2.27. The van der Waals surface area contributed by atoms with Gasteiger partial charge in [-0.1, -0.05) is 49.2 Å². The van der Waals surface area contributed by atoms with Crippen LogP contribution in [0.3, 0.4) is 0 Å². The number of nitrogens with zero attached hydrogens (tertiary/aromatic N) is 1. The van der Waals surface area contributed by atoms with Crippen LogP contribution in [0, 0.1) is 12.8 Å². The molecule has 0 aliphatic carbocycles. The summed E-state index contributed by atoms with van der Waals surface area (Å²) < 4.78 is 32.5. The molecule has 0 fully saturated rings. The molecule has 0 aliphatic rings. The molecular formula is C19H24N2O4S. The highest BCUT2D eigenvalue weighted by molar-refractivity contribution is 7.89. The van der Waals surface area contributed by atoms with Crippen LogP contribution in [0.1, 0.15) is 24.5 Å². The van der Waals surface area contributed by atoms with Gasteiger partial charge < -0.3 is 4.74 Å². The Kier molecular flexibility index (Phi) is 6.88. The highest BCUT2D eigenvalue weighted by atomic mass is 32.2. The topological polar surface area (TPSA) is 85.4 Å². The predicted molar refractivity (Wildman–Crippen MR) is 99.0 cm³/mol. The van der Waals surface area contributed by atoms with Gasteiger partial charge >= 0.3 is 5.97 Å². The number of hydrogen-bond acceptors (Lipinski definition) is 5. The number of ether oxygens (including phenoxy) is 1. The van der Waals surface area contributed by atoms with Gasteiger partial charge in [-0.05, 0) is 37.0 Å². The third-order valence-corrected chi connectivity index (χ3v) is 5.62. The Morgan fingerprint density at radius 2 is 1.88 bits per heavy atom. The van der Waals surface area contributed by atoms with E-state index in [1.807, 2.05) is 38.1 Å². The van der Waals surface area contributed by atoms with E-state index in [0.29, 0.717) is 12.8 Å². The lowest BCUT2D eigenvalue weighted by atomic mass is 9.90. The van der Waals surface area contributed by atoms with Crippen LogP contribution in [0.5, 0.6) is 0 Å². The fourth-order valence-electron chi connectivity index (χ4n) is 2.72. The van der Waals surface area contributed by atoms with Crippen molar-refractivity contribution in [1.82, 2.24) is 9.71 Å². The highest BCUT2D eigenvalue weighted by Crippen LogP contribution is 2.20. The summed E-state index contributed by atoms with van der Waals surface area (Å²) in [5.74, 6) is -0.855. The van der Waals surface area contributed by atoms with E-state index in [1.165, 1.54) is 19.4 Å². The number of esters is 1. The van der Waals surface area contributed by atoms with Crippen molar-refractivity contribution in [2.75, 3.05) is 7.11 Å². The van der Waals surface area contributed by atoms with Gasteiger partial charge in [0.05, 0.1) is 7.11 Å². The molecule has 2 aromatic rings. The number of nitrogens with one attached hydrogen (secondary N) is 1. The van der Waals surface area contributed by atoms with Gasteiger partial charge in [0.25, 0.3) is 10.0 Å². The van der Waals surface area contributed by atoms with Gasteiger partial charge in [0.15, 0.2) is 5.03 Å². The fourth-order valence-corrected chi connectivity index (χ4v) is 3.92. The zero-order valence-corrected chi connectivity index (χ0v) is 16.0. The number of hydrogen-bond donors (Lipinski definition) is 1. The Morgan fingerprint density at radius 3 is 2.42 bits per heavy atom. The first kappa shape index (κ1) is 20.1. The van der Waals surface area contributed by atoms with Crippen molar-refractivity contribution in [2.24, 2.45) is 5.92 Å². The van der Waals surface area contributed by atoms with Crippen molar-refractivity contribution in [3.05, 3.63) is 59.8 Å². The normalized spacial score (nSPS) is 13.8. The van der Waals surface area contributed by atoms with Crippen molar-refractivity contribution in [1.29, 1.82) is 0 Å². The number of benzene rings is 1. The summed E-state index contributed by atoms with van der Waals surface area (Å²) in [5, 5.41) is -0.126. The van der Waals surface area contributed by atoms with Crippen LogP contribution < -0.4 is 4.72 Å². The van der Waals surface area contributed by atoms with E-state index in [-0.39, 0.29) is 10.9 Å². The Morgan fingerprint density at radius 1 is 1.19 bits per heavy atom. The summed E-state index contributed by atoms with van der Waals surface area (Å²) in [5.41, 5.74) is 2.18. The van der Waals surface area contributed by atoms with Gasteiger partial charge in [-0.15, -0.1) is 0 Å². The standard InChI is InChI=1S/C19H24N2O4S/c1-4-16(13-15-10-8-14(2)9-11-15)18(19(22)25-3)21-26(23,24)17-7-5-6-12-20-17/h5-12,16,18,21H,4,13H2,1-3H3/t16-,18+/m1/s1. The molecule has 140 valence electrons. The molecule has 1 aromatic carbocycles. The number of carbonyl (C=O) groups is 1. The maximum atomic E-state index is 12.6. The Bertz CT molecular complexity index is 820. The Labute approximate surface area is 154 Å². The number of pyridine rings is 1. The van der Waals surface area contributed by atoms with Crippen LogP contribution in [-0.2, 0) is 26.0 Å². The van der Waals surface area contributed by atoms with E-state index in [4.69, 9.17) is 4.74 Å². The molecule has 26 heavy (non-hydrogen) atoms. The molecule has 0 spiro atoms. The minimum atomic E-state index is -3.93. The molecule has 2 atom stereocenters. The van der Waals surface area contributed by atoms with E-state index in [1.54, 1.807) is 12.1 Å². The molecule has 0 aliphatic heterocycles. The fraction of sp³-hybridized carbons (Fsp3) is 0.368. The molecule has 2 rings (SSSR count). The average molecular weight is 376 g/mol. The predicted octanol–water partition coefficient (Wildman–Crippen LogP) is 2.48. The molecule has 1 aromatic heterocycles. The molecule has 0 amide bonds. The van der Waals surface area contributed by atoms with Gasteiger partial charge in [0, 0.05) is 6.20 Å². The van der Waals surface area contributed by atoms with Crippen LogP contribution in [-0.4, -0.2) is 32.5 Å². The summed E-state index contributed by atoms with van der Waals surface area (Å²) in [6, 6.07) is 11.6. The number of rotatable bonds is 8. The first-order valence-electron chi connectivity index (χ1n) is 8.44. The molecule has 0 bridgehead atoms. The summed E-state index contributed by atoms with van der Waals surface area (Å²) in [6.45, 7) is 3.92. The number of aromatic nitrogens is 1. The van der Waals surface area contributed by atoms with E-state index in [2.05, 4.69) is 9.71 Å². The SMILES string of the molecule is CC[C@H](Cc1ccc(C)cc1)[C@H](NS(=O)(=O)c1ccccn1)C(=O)OC. The zero-order valence-electron chi connectivity index (χ0n) is 15.2. The summed E-state index contributed by atoms with van der Waals surface area (Å²) >= 11 is 0. The molecule has 6 nitrogen and oxygen atoms in total. The third kappa shape index (κ3) is 5.12. The number of aryl methyl sites for hydroxylation is 1. The first-order valence-corrected chi connectivity index (χ1v) is 9.92. The largest absolute Gasteiger partial charge is 0.468 e. The van der Waals surface area contributed by atoms with Gasteiger partial charge in [-0.3, -0.25) is 4.79 Å². The molecule has 0 saturated carbocycles. The van der Waals surface area contributed by atoms with Gasteiger partial charge in [0.2, 0.25) is 0 Å². The number of carbonyl (C=O) groups excluding carboxylic acids is 1. The van der Waals surface area contributed by atoms with E-state index in [9.17, 15) is 13.2 Å². The lowest BCUT2D eigenvalue weighted by molar-refractivity contribution is -0.144.